The highest BCUT2D eigenvalue weighted by molar-refractivity contribution is 5.76. The standard InChI is InChI=1S/C13H18FNO2/c1-4-17-13-6-5-11(9-12(13)14)15(3)8-7-10(2)16/h5-6,9H,4,7-8H2,1-3H3. The molecule has 0 saturated carbocycles. The normalized spacial score (nSPS) is 10.1. The molecule has 94 valence electrons. The van der Waals surface area contributed by atoms with Crippen LogP contribution in [-0.4, -0.2) is 26.0 Å². The molecule has 0 spiro atoms. The van der Waals surface area contributed by atoms with Crippen LogP contribution in [0.2, 0.25) is 0 Å². The van der Waals surface area contributed by atoms with Gasteiger partial charge in [-0.3, -0.25) is 4.79 Å². The van der Waals surface area contributed by atoms with Crippen LogP contribution in [0.5, 0.6) is 5.75 Å². The van der Waals surface area contributed by atoms with Gasteiger partial charge in [-0.05, 0) is 26.0 Å². The molecule has 0 aliphatic rings. The van der Waals surface area contributed by atoms with Gasteiger partial charge in [-0.25, -0.2) is 4.39 Å². The summed E-state index contributed by atoms with van der Waals surface area (Å²) in [6, 6.07) is 4.82. The van der Waals surface area contributed by atoms with Crippen molar-refractivity contribution in [1.29, 1.82) is 0 Å². The minimum atomic E-state index is -0.376. The van der Waals surface area contributed by atoms with Crippen molar-refractivity contribution in [1.82, 2.24) is 0 Å². The van der Waals surface area contributed by atoms with E-state index >= 15 is 0 Å². The second-order valence-electron chi connectivity index (χ2n) is 3.92. The summed E-state index contributed by atoms with van der Waals surface area (Å²) in [7, 11) is 1.83. The fourth-order valence-corrected chi connectivity index (χ4v) is 1.45. The number of benzene rings is 1. The second kappa shape index (κ2) is 6.23. The minimum absolute atomic E-state index is 0.128. The van der Waals surface area contributed by atoms with E-state index < -0.39 is 0 Å². The Hall–Kier alpha value is -1.58. The first kappa shape index (κ1) is 13.5. The van der Waals surface area contributed by atoms with Gasteiger partial charge in [0, 0.05) is 31.8 Å². The number of hydrogen-bond donors (Lipinski definition) is 0. The molecule has 0 aliphatic heterocycles. The molecule has 0 atom stereocenters. The zero-order valence-electron chi connectivity index (χ0n) is 10.5. The average Bonchev–Trinajstić information content (AvgIpc) is 2.28. The van der Waals surface area contributed by atoms with Gasteiger partial charge in [0.25, 0.3) is 0 Å². The number of ether oxygens (including phenoxy) is 1. The molecule has 3 nitrogen and oxygen atoms in total. The third kappa shape index (κ3) is 4.06. The summed E-state index contributed by atoms with van der Waals surface area (Å²) in [5.74, 6) is 0.0125. The van der Waals surface area contributed by atoms with Crippen molar-refractivity contribution in [2.24, 2.45) is 0 Å². The third-order valence-electron chi connectivity index (χ3n) is 2.46. The Morgan fingerprint density at radius 1 is 1.47 bits per heavy atom. The van der Waals surface area contributed by atoms with Crippen LogP contribution in [0.4, 0.5) is 10.1 Å². The summed E-state index contributed by atoms with van der Waals surface area (Å²) in [4.78, 5) is 12.7. The molecule has 0 saturated heterocycles. The number of nitrogens with zero attached hydrogens (tertiary/aromatic N) is 1. The van der Waals surface area contributed by atoms with Gasteiger partial charge in [0.2, 0.25) is 0 Å². The van der Waals surface area contributed by atoms with Gasteiger partial charge >= 0.3 is 0 Å². The predicted octanol–water partition coefficient (Wildman–Crippen LogP) is 2.64. The van der Waals surface area contributed by atoms with Gasteiger partial charge in [-0.1, -0.05) is 0 Å². The Morgan fingerprint density at radius 2 is 2.18 bits per heavy atom. The smallest absolute Gasteiger partial charge is 0.167 e. The van der Waals surface area contributed by atoms with Crippen LogP contribution in [0.25, 0.3) is 0 Å². The number of carbonyl (C=O) groups excluding carboxylic acids is 1. The Morgan fingerprint density at radius 3 is 2.71 bits per heavy atom. The lowest BCUT2D eigenvalue weighted by atomic mass is 10.2. The Balaban J connectivity index is 2.71. The lowest BCUT2D eigenvalue weighted by Gasteiger charge is -2.19. The van der Waals surface area contributed by atoms with Gasteiger partial charge in [-0.2, -0.15) is 0 Å². The third-order valence-corrected chi connectivity index (χ3v) is 2.46. The first-order chi connectivity index (χ1) is 8.04. The molecule has 0 radical (unpaired) electrons. The predicted molar refractivity (Wildman–Crippen MR) is 66.1 cm³/mol. The molecular weight excluding hydrogens is 221 g/mol. The number of halogens is 1. The van der Waals surface area contributed by atoms with Crippen molar-refractivity contribution in [3.63, 3.8) is 0 Å². The van der Waals surface area contributed by atoms with Gasteiger partial charge in [0.05, 0.1) is 6.61 Å². The van der Waals surface area contributed by atoms with Crippen LogP contribution in [0, 0.1) is 5.82 Å². The van der Waals surface area contributed by atoms with Crippen LogP contribution >= 0.6 is 0 Å². The van der Waals surface area contributed by atoms with E-state index in [1.807, 2.05) is 18.9 Å². The van der Waals surface area contributed by atoms with Crippen molar-refractivity contribution >= 4 is 11.5 Å². The van der Waals surface area contributed by atoms with Crippen LogP contribution in [0.3, 0.4) is 0 Å². The summed E-state index contributed by atoms with van der Waals surface area (Å²) in [6.07, 6.45) is 0.464. The maximum absolute atomic E-state index is 13.6. The SMILES string of the molecule is CCOc1ccc(N(C)CCC(C)=O)cc1F. The zero-order chi connectivity index (χ0) is 12.8. The Bertz CT molecular complexity index is 393. The van der Waals surface area contributed by atoms with Gasteiger partial charge in [0.15, 0.2) is 11.6 Å². The summed E-state index contributed by atoms with van der Waals surface area (Å²) < 4.78 is 18.7. The molecule has 0 heterocycles. The van der Waals surface area contributed by atoms with Crippen molar-refractivity contribution in [2.75, 3.05) is 25.1 Å². The minimum Gasteiger partial charge on any atom is -0.491 e. The molecule has 17 heavy (non-hydrogen) atoms. The largest absolute Gasteiger partial charge is 0.491 e. The number of Topliss-reactive ketones (excluding diaryl/α,β-unsaturated/α-hetero) is 1. The summed E-state index contributed by atoms with van der Waals surface area (Å²) >= 11 is 0. The van der Waals surface area contributed by atoms with Crippen molar-refractivity contribution in [2.45, 2.75) is 20.3 Å². The molecule has 1 rings (SSSR count). The molecule has 4 heteroatoms. The van der Waals surface area contributed by atoms with Gasteiger partial charge in [0.1, 0.15) is 5.78 Å². The number of hydrogen-bond acceptors (Lipinski definition) is 3. The topological polar surface area (TPSA) is 29.5 Å². The molecule has 0 aliphatic carbocycles. The number of anilines is 1. The first-order valence-electron chi connectivity index (χ1n) is 5.67. The molecule has 0 amide bonds. The highest BCUT2D eigenvalue weighted by Gasteiger charge is 2.07. The maximum Gasteiger partial charge on any atom is 0.167 e. The van der Waals surface area contributed by atoms with Crippen molar-refractivity contribution in [3.8, 4) is 5.75 Å². The average molecular weight is 239 g/mol. The van der Waals surface area contributed by atoms with Crippen LogP contribution in [-0.2, 0) is 4.79 Å². The van der Waals surface area contributed by atoms with Crippen molar-refractivity contribution in [3.05, 3.63) is 24.0 Å². The molecule has 1 aromatic carbocycles. The lowest BCUT2D eigenvalue weighted by molar-refractivity contribution is -0.116. The van der Waals surface area contributed by atoms with Crippen molar-refractivity contribution < 1.29 is 13.9 Å². The highest BCUT2D eigenvalue weighted by atomic mass is 19.1. The number of ketones is 1. The molecule has 1 aromatic rings. The quantitative estimate of drug-likeness (QED) is 0.764. The zero-order valence-corrected chi connectivity index (χ0v) is 10.5. The molecule has 0 N–H and O–H groups in total. The number of rotatable bonds is 6. The fraction of sp³-hybridized carbons (Fsp3) is 0.462. The Labute approximate surface area is 101 Å². The lowest BCUT2D eigenvalue weighted by Crippen LogP contribution is -2.20. The van der Waals surface area contributed by atoms with Crippen LogP contribution < -0.4 is 9.64 Å². The van der Waals surface area contributed by atoms with E-state index in [4.69, 9.17) is 4.74 Å². The van der Waals surface area contributed by atoms with Gasteiger partial charge < -0.3 is 9.64 Å². The van der Waals surface area contributed by atoms with Crippen LogP contribution in [0.1, 0.15) is 20.3 Å². The summed E-state index contributed by atoms with van der Waals surface area (Å²) in [5, 5.41) is 0. The maximum atomic E-state index is 13.6. The Kier molecular flexibility index (Phi) is 4.94. The van der Waals surface area contributed by atoms with E-state index in [1.165, 1.54) is 6.07 Å². The molecular formula is C13H18FNO2. The van der Waals surface area contributed by atoms with Crippen LogP contribution in [0.15, 0.2) is 18.2 Å². The molecule has 0 bridgehead atoms. The molecule has 0 aromatic heterocycles. The number of carbonyl (C=O) groups is 1. The fourth-order valence-electron chi connectivity index (χ4n) is 1.45. The first-order valence-corrected chi connectivity index (χ1v) is 5.67. The molecule has 0 unspecified atom stereocenters. The van der Waals surface area contributed by atoms with Gasteiger partial charge in [-0.15, -0.1) is 0 Å². The van der Waals surface area contributed by atoms with E-state index in [0.717, 1.165) is 5.69 Å². The van der Waals surface area contributed by atoms with E-state index in [9.17, 15) is 9.18 Å². The summed E-state index contributed by atoms with van der Waals surface area (Å²) in [5.41, 5.74) is 0.743. The second-order valence-corrected chi connectivity index (χ2v) is 3.92. The monoisotopic (exact) mass is 239 g/mol. The van der Waals surface area contributed by atoms with E-state index in [0.29, 0.717) is 19.6 Å². The molecule has 0 fully saturated rings. The van der Waals surface area contributed by atoms with E-state index in [2.05, 4.69) is 0 Å². The summed E-state index contributed by atoms with van der Waals surface area (Å²) in [6.45, 7) is 4.39. The highest BCUT2D eigenvalue weighted by Crippen LogP contribution is 2.23. The van der Waals surface area contributed by atoms with E-state index in [-0.39, 0.29) is 17.3 Å². The van der Waals surface area contributed by atoms with E-state index in [1.54, 1.807) is 19.1 Å².